The van der Waals surface area contributed by atoms with E-state index >= 15 is 0 Å². The zero-order valence-electron chi connectivity index (χ0n) is 15.6. The summed E-state index contributed by atoms with van der Waals surface area (Å²) >= 11 is 0. The van der Waals surface area contributed by atoms with Crippen LogP contribution < -0.4 is 5.32 Å². The van der Waals surface area contributed by atoms with Crippen LogP contribution in [-0.2, 0) is 4.79 Å². The number of rotatable bonds is 10. The first-order valence-corrected chi connectivity index (χ1v) is 8.79. The molecule has 0 aromatic heterocycles. The first-order chi connectivity index (χ1) is 11.0. The van der Waals surface area contributed by atoms with Gasteiger partial charge < -0.3 is 20.0 Å². The SMILES string of the molecule is CCCCN(C)C1=CC=C(C(=O)NCCCN(C)CC)CN1C. The molecule has 1 amide bonds. The Kier molecular flexibility index (Phi) is 8.77. The molecule has 0 unspecified atom stereocenters. The lowest BCUT2D eigenvalue weighted by Crippen LogP contribution is -2.38. The molecule has 0 saturated heterocycles. The van der Waals surface area contributed by atoms with Gasteiger partial charge in [0.05, 0.1) is 0 Å². The van der Waals surface area contributed by atoms with Gasteiger partial charge in [-0.1, -0.05) is 20.3 Å². The first-order valence-electron chi connectivity index (χ1n) is 8.79. The average Bonchev–Trinajstić information content (AvgIpc) is 2.55. The van der Waals surface area contributed by atoms with Crippen LogP contribution in [0, 0.1) is 0 Å². The summed E-state index contributed by atoms with van der Waals surface area (Å²) in [5, 5.41) is 3.03. The summed E-state index contributed by atoms with van der Waals surface area (Å²) in [5.74, 6) is 1.24. The largest absolute Gasteiger partial charge is 0.361 e. The number of amides is 1. The number of carbonyl (C=O) groups excluding carboxylic acids is 1. The van der Waals surface area contributed by atoms with Crippen molar-refractivity contribution in [1.29, 1.82) is 0 Å². The summed E-state index contributed by atoms with van der Waals surface area (Å²) < 4.78 is 0. The number of hydrogen-bond donors (Lipinski definition) is 1. The zero-order chi connectivity index (χ0) is 17.2. The molecule has 0 fully saturated rings. The van der Waals surface area contributed by atoms with E-state index in [-0.39, 0.29) is 5.91 Å². The van der Waals surface area contributed by atoms with Crippen LogP contribution in [0.3, 0.4) is 0 Å². The fourth-order valence-corrected chi connectivity index (χ4v) is 2.59. The molecule has 1 N–H and O–H groups in total. The van der Waals surface area contributed by atoms with E-state index in [0.717, 1.165) is 38.2 Å². The Morgan fingerprint density at radius 3 is 2.57 bits per heavy atom. The smallest absolute Gasteiger partial charge is 0.249 e. The quantitative estimate of drug-likeness (QED) is 0.624. The minimum absolute atomic E-state index is 0.0579. The highest BCUT2D eigenvalue weighted by Gasteiger charge is 2.18. The third-order valence-electron chi connectivity index (χ3n) is 4.30. The third kappa shape index (κ3) is 6.65. The summed E-state index contributed by atoms with van der Waals surface area (Å²) in [4.78, 5) is 18.9. The van der Waals surface area contributed by atoms with Gasteiger partial charge in [-0.25, -0.2) is 0 Å². The summed E-state index contributed by atoms with van der Waals surface area (Å²) in [7, 11) is 6.26. The van der Waals surface area contributed by atoms with Gasteiger partial charge in [0.15, 0.2) is 0 Å². The van der Waals surface area contributed by atoms with Gasteiger partial charge in [-0.15, -0.1) is 0 Å². The highest BCUT2D eigenvalue weighted by atomic mass is 16.1. The van der Waals surface area contributed by atoms with Crippen LogP contribution in [0.15, 0.2) is 23.5 Å². The van der Waals surface area contributed by atoms with E-state index in [1.807, 2.05) is 13.1 Å². The van der Waals surface area contributed by atoms with Gasteiger partial charge in [-0.05, 0) is 45.1 Å². The minimum Gasteiger partial charge on any atom is -0.361 e. The number of allylic oxidation sites excluding steroid dienone is 2. The molecule has 0 atom stereocenters. The van der Waals surface area contributed by atoms with Crippen molar-refractivity contribution in [1.82, 2.24) is 20.0 Å². The van der Waals surface area contributed by atoms with Crippen LogP contribution in [-0.4, -0.2) is 74.5 Å². The molecule has 5 nitrogen and oxygen atoms in total. The maximum Gasteiger partial charge on any atom is 0.249 e. The highest BCUT2D eigenvalue weighted by Crippen LogP contribution is 2.16. The van der Waals surface area contributed by atoms with Gasteiger partial charge in [-0.2, -0.15) is 0 Å². The van der Waals surface area contributed by atoms with Crippen molar-refractivity contribution in [2.75, 3.05) is 53.9 Å². The molecule has 1 rings (SSSR count). The monoisotopic (exact) mass is 322 g/mol. The molecule has 0 bridgehead atoms. The van der Waals surface area contributed by atoms with Crippen LogP contribution in [0.2, 0.25) is 0 Å². The second kappa shape index (κ2) is 10.3. The molecule has 0 saturated carbocycles. The van der Waals surface area contributed by atoms with Crippen LogP contribution >= 0.6 is 0 Å². The van der Waals surface area contributed by atoms with Crippen LogP contribution in [0.5, 0.6) is 0 Å². The number of likely N-dealkylation sites (N-methyl/N-ethyl adjacent to an activating group) is 1. The van der Waals surface area contributed by atoms with Gasteiger partial charge >= 0.3 is 0 Å². The van der Waals surface area contributed by atoms with Crippen molar-refractivity contribution in [3.05, 3.63) is 23.5 Å². The Hall–Kier alpha value is -1.49. The maximum atomic E-state index is 12.2. The number of nitrogens with zero attached hydrogens (tertiary/aromatic N) is 3. The van der Waals surface area contributed by atoms with Crippen LogP contribution in [0.4, 0.5) is 0 Å². The summed E-state index contributed by atoms with van der Waals surface area (Å²) in [6.45, 7) is 8.86. The van der Waals surface area contributed by atoms with E-state index in [4.69, 9.17) is 0 Å². The lowest BCUT2D eigenvalue weighted by atomic mass is 10.1. The molecular formula is C18H34N4O. The van der Waals surface area contributed by atoms with Crippen molar-refractivity contribution in [3.63, 3.8) is 0 Å². The van der Waals surface area contributed by atoms with Crippen molar-refractivity contribution < 1.29 is 4.79 Å². The zero-order valence-corrected chi connectivity index (χ0v) is 15.6. The molecule has 132 valence electrons. The molecule has 5 heteroatoms. The average molecular weight is 322 g/mol. The number of hydrogen-bond acceptors (Lipinski definition) is 4. The molecule has 0 aromatic carbocycles. The molecule has 1 aliphatic rings. The summed E-state index contributed by atoms with van der Waals surface area (Å²) in [6.07, 6.45) is 7.38. The Morgan fingerprint density at radius 1 is 1.22 bits per heavy atom. The van der Waals surface area contributed by atoms with Gasteiger partial charge in [0, 0.05) is 39.3 Å². The van der Waals surface area contributed by atoms with Crippen LogP contribution in [0.1, 0.15) is 33.1 Å². The molecule has 23 heavy (non-hydrogen) atoms. The fraction of sp³-hybridized carbons (Fsp3) is 0.722. The van der Waals surface area contributed by atoms with E-state index in [0.29, 0.717) is 6.54 Å². The van der Waals surface area contributed by atoms with Crippen molar-refractivity contribution in [3.8, 4) is 0 Å². The van der Waals surface area contributed by atoms with Gasteiger partial charge in [0.2, 0.25) is 5.91 Å². The predicted octanol–water partition coefficient (Wildman–Crippen LogP) is 1.89. The standard InChI is InChI=1S/C18H34N4O/c1-6-8-14-21(4)17-11-10-16(15-22(17)5)18(23)19-12-9-13-20(3)7-2/h10-11H,6-9,12-15H2,1-5H3,(H,19,23). The second-order valence-electron chi connectivity index (χ2n) is 6.35. The van der Waals surface area contributed by atoms with Gasteiger partial charge in [-0.3, -0.25) is 4.79 Å². The van der Waals surface area contributed by atoms with E-state index in [2.05, 4.69) is 54.0 Å². The van der Waals surface area contributed by atoms with E-state index in [9.17, 15) is 4.79 Å². The maximum absolute atomic E-state index is 12.2. The topological polar surface area (TPSA) is 38.8 Å². The highest BCUT2D eigenvalue weighted by molar-refractivity contribution is 5.94. The Balaban J connectivity index is 2.46. The lowest BCUT2D eigenvalue weighted by Gasteiger charge is -2.33. The predicted molar refractivity (Wildman–Crippen MR) is 97.1 cm³/mol. The lowest BCUT2D eigenvalue weighted by molar-refractivity contribution is -0.117. The molecule has 1 aliphatic heterocycles. The Labute approximate surface area is 142 Å². The molecule has 0 aromatic rings. The molecule has 1 heterocycles. The van der Waals surface area contributed by atoms with E-state index in [1.54, 1.807) is 0 Å². The number of nitrogens with one attached hydrogen (secondary N) is 1. The Bertz CT molecular complexity index is 431. The number of unbranched alkanes of at least 4 members (excludes halogenated alkanes) is 1. The van der Waals surface area contributed by atoms with Gasteiger partial charge in [0.1, 0.15) is 5.82 Å². The first kappa shape index (κ1) is 19.6. The van der Waals surface area contributed by atoms with Gasteiger partial charge in [0.25, 0.3) is 0 Å². The van der Waals surface area contributed by atoms with Crippen LogP contribution in [0.25, 0.3) is 0 Å². The normalized spacial score (nSPS) is 14.6. The minimum atomic E-state index is 0.0579. The van der Waals surface area contributed by atoms with Crippen molar-refractivity contribution in [2.24, 2.45) is 0 Å². The molecule has 0 aliphatic carbocycles. The van der Waals surface area contributed by atoms with E-state index in [1.165, 1.54) is 18.7 Å². The second-order valence-corrected chi connectivity index (χ2v) is 6.35. The molecule has 0 spiro atoms. The molecule has 0 radical (unpaired) electrons. The van der Waals surface area contributed by atoms with Crippen molar-refractivity contribution >= 4 is 5.91 Å². The van der Waals surface area contributed by atoms with Crippen molar-refractivity contribution in [2.45, 2.75) is 33.1 Å². The Morgan fingerprint density at radius 2 is 1.96 bits per heavy atom. The summed E-state index contributed by atoms with van der Waals surface area (Å²) in [6, 6.07) is 0. The third-order valence-corrected chi connectivity index (χ3v) is 4.30. The molecular weight excluding hydrogens is 288 g/mol. The summed E-state index contributed by atoms with van der Waals surface area (Å²) in [5.41, 5.74) is 0.837. The van der Waals surface area contributed by atoms with E-state index < -0.39 is 0 Å². The number of carbonyl (C=O) groups is 1. The fourth-order valence-electron chi connectivity index (χ4n) is 2.59.